The van der Waals surface area contributed by atoms with E-state index in [1.165, 1.54) is 23.4 Å². The fraction of sp³-hybridized carbons (Fsp3) is 0.194. The topological polar surface area (TPSA) is 30.2 Å². The molecular formula is C31H22F6IrN3. The van der Waals surface area contributed by atoms with E-state index in [4.69, 9.17) is 0 Å². The first-order valence-corrected chi connectivity index (χ1v) is 12.4. The Morgan fingerprint density at radius 3 is 2.39 bits per heavy atom. The molecule has 3 aromatic carbocycles. The zero-order chi connectivity index (χ0) is 28.5. The third-order valence-corrected chi connectivity index (χ3v) is 6.68. The maximum Gasteiger partial charge on any atom is 3.00 e. The predicted molar refractivity (Wildman–Crippen MR) is 140 cm³/mol. The van der Waals surface area contributed by atoms with Gasteiger partial charge in [0.25, 0.3) is 0 Å². The van der Waals surface area contributed by atoms with Crippen LogP contribution in [0.1, 0.15) is 34.0 Å². The van der Waals surface area contributed by atoms with Crippen molar-refractivity contribution >= 4 is 0 Å². The molecule has 2 aliphatic heterocycles. The van der Waals surface area contributed by atoms with Gasteiger partial charge in [0.05, 0.1) is 0 Å². The number of aromatic nitrogens is 1. The van der Waals surface area contributed by atoms with Crippen molar-refractivity contribution in [3.63, 3.8) is 0 Å². The summed E-state index contributed by atoms with van der Waals surface area (Å²) in [5.74, 6) is 0. The minimum absolute atomic E-state index is 0. The Balaban J connectivity index is 0.000000229. The molecule has 41 heavy (non-hydrogen) atoms. The predicted octanol–water partition coefficient (Wildman–Crippen LogP) is 8.76. The number of pyridine rings is 1. The van der Waals surface area contributed by atoms with E-state index in [-0.39, 0.29) is 37.5 Å². The Bertz CT molecular complexity index is 1530. The Morgan fingerprint density at radius 1 is 0.951 bits per heavy atom. The van der Waals surface area contributed by atoms with Crippen LogP contribution in [0.3, 0.4) is 0 Å². The van der Waals surface area contributed by atoms with Crippen LogP contribution >= 0.6 is 0 Å². The van der Waals surface area contributed by atoms with Gasteiger partial charge in [0, 0.05) is 18.3 Å². The summed E-state index contributed by atoms with van der Waals surface area (Å²) >= 11 is 0. The second-order valence-corrected chi connectivity index (χ2v) is 9.32. The van der Waals surface area contributed by atoms with Crippen LogP contribution in [0.5, 0.6) is 0 Å². The third kappa shape index (κ3) is 6.66. The molecule has 10 heteroatoms. The summed E-state index contributed by atoms with van der Waals surface area (Å²) < 4.78 is 77.9. The molecule has 6 rings (SSSR count). The molecule has 0 radical (unpaired) electrons. The van der Waals surface area contributed by atoms with Gasteiger partial charge in [-0.25, -0.2) is 0 Å². The Kier molecular flexibility index (Phi) is 8.94. The van der Waals surface area contributed by atoms with Gasteiger partial charge in [-0.05, 0) is 47.2 Å². The van der Waals surface area contributed by atoms with E-state index in [2.05, 4.69) is 39.6 Å². The molecule has 4 aromatic rings. The Hall–Kier alpha value is -3.62. The van der Waals surface area contributed by atoms with E-state index >= 15 is 0 Å². The molecule has 3 nitrogen and oxygen atoms in total. The van der Waals surface area contributed by atoms with Crippen molar-refractivity contribution in [3.05, 3.63) is 131 Å². The van der Waals surface area contributed by atoms with Crippen molar-refractivity contribution in [2.45, 2.75) is 31.9 Å². The number of benzene rings is 3. The molecule has 0 saturated carbocycles. The number of halogens is 6. The molecule has 0 aliphatic carbocycles. The molecule has 3 heterocycles. The second kappa shape index (κ2) is 12.1. The van der Waals surface area contributed by atoms with Crippen LogP contribution in [-0.4, -0.2) is 16.4 Å². The summed E-state index contributed by atoms with van der Waals surface area (Å²) in [6, 6.07) is 23.5. The van der Waals surface area contributed by atoms with Gasteiger partial charge in [0.1, 0.15) is 0 Å². The molecule has 0 spiro atoms. The number of nitrogens with zero attached hydrogens (tertiary/aromatic N) is 3. The van der Waals surface area contributed by atoms with Crippen LogP contribution in [0.4, 0.5) is 26.3 Å². The first-order chi connectivity index (χ1) is 19.0. The van der Waals surface area contributed by atoms with Crippen LogP contribution in [0.25, 0.3) is 27.7 Å². The van der Waals surface area contributed by atoms with E-state index in [0.717, 1.165) is 35.7 Å². The standard InChI is InChI=1S/C20H12F6N.C11H10N2.Ir/c1-12-9-18(27-11-15(12)13-5-3-2-4-6-13)14-7-8-16(19(21,22)23)17(10-14)20(24,25)26;1-2-4-10-9(3-1)5-7-13-8-6-12-11(10)13;/h2-9,11H,1H3;1-3,6,8,11H,5,7H2;/q-1;-2;+3. The number of hydrogen-bond donors (Lipinski definition) is 0. The molecular weight excluding hydrogens is 721 g/mol. The molecule has 1 atom stereocenters. The van der Waals surface area contributed by atoms with Gasteiger partial charge in [0.2, 0.25) is 0 Å². The molecule has 0 saturated heterocycles. The van der Waals surface area contributed by atoms with Crippen LogP contribution in [0, 0.1) is 19.1 Å². The van der Waals surface area contributed by atoms with Gasteiger partial charge in [-0.15, -0.1) is 23.8 Å². The van der Waals surface area contributed by atoms with Crippen molar-refractivity contribution < 1.29 is 46.4 Å². The number of alkyl halides is 6. The second-order valence-electron chi connectivity index (χ2n) is 9.32. The number of rotatable bonds is 2. The first-order valence-electron chi connectivity index (χ1n) is 12.4. The summed E-state index contributed by atoms with van der Waals surface area (Å²) in [6.45, 7) is 2.83. The SMILES string of the molecule is Cc1cc(-c2[c-]c(C(F)(F)F)c(C(F)(F)F)cc2)ncc1-c1ccccc1.[Ir+3].[c-]1cccc2c1C1[N-]C=CN1CC2. The normalized spacial score (nSPS) is 15.6. The maximum absolute atomic E-state index is 13.1. The van der Waals surface area contributed by atoms with Crippen molar-refractivity contribution in [1.82, 2.24) is 9.88 Å². The maximum atomic E-state index is 13.1. The zero-order valence-corrected chi connectivity index (χ0v) is 23.9. The van der Waals surface area contributed by atoms with Gasteiger partial charge >= 0.3 is 32.5 Å². The summed E-state index contributed by atoms with van der Waals surface area (Å²) in [7, 11) is 0. The van der Waals surface area contributed by atoms with Gasteiger partial charge in [0.15, 0.2) is 0 Å². The molecule has 212 valence electrons. The third-order valence-electron chi connectivity index (χ3n) is 6.68. The molecule has 0 bridgehead atoms. The van der Waals surface area contributed by atoms with E-state index < -0.39 is 23.5 Å². The summed E-state index contributed by atoms with van der Waals surface area (Å²) in [5.41, 5.74) is 1.38. The molecule has 2 aliphatic rings. The van der Waals surface area contributed by atoms with Crippen molar-refractivity contribution in [2.24, 2.45) is 0 Å². The molecule has 0 fully saturated rings. The van der Waals surface area contributed by atoms with Gasteiger partial charge in [-0.1, -0.05) is 42.8 Å². The zero-order valence-electron chi connectivity index (χ0n) is 21.5. The quantitative estimate of drug-likeness (QED) is 0.152. The summed E-state index contributed by atoms with van der Waals surface area (Å²) in [5, 5.41) is 4.41. The van der Waals surface area contributed by atoms with E-state index in [1.807, 2.05) is 48.7 Å². The van der Waals surface area contributed by atoms with Crippen molar-refractivity contribution in [1.29, 1.82) is 0 Å². The number of hydrogen-bond acceptors (Lipinski definition) is 2. The molecule has 0 amide bonds. The average Bonchev–Trinajstić information content (AvgIpc) is 3.42. The van der Waals surface area contributed by atoms with Gasteiger partial charge < -0.3 is 15.2 Å². The number of fused-ring (bicyclic) bond motifs is 3. The van der Waals surface area contributed by atoms with Crippen LogP contribution in [0.15, 0.2) is 85.3 Å². The van der Waals surface area contributed by atoms with Gasteiger partial charge in [-0.3, -0.25) is 0 Å². The Morgan fingerprint density at radius 2 is 1.71 bits per heavy atom. The first kappa shape index (κ1) is 30.3. The van der Waals surface area contributed by atoms with Crippen LogP contribution in [0.2, 0.25) is 0 Å². The van der Waals surface area contributed by atoms with E-state index in [1.54, 1.807) is 6.92 Å². The molecule has 1 aromatic heterocycles. The largest absolute Gasteiger partial charge is 3.00 e. The Labute approximate surface area is 247 Å². The monoisotopic (exact) mass is 743 g/mol. The smallest absolute Gasteiger partial charge is 0.668 e. The fourth-order valence-electron chi connectivity index (χ4n) is 4.73. The van der Waals surface area contributed by atoms with Gasteiger partial charge in [-0.2, -0.15) is 67.9 Å². The summed E-state index contributed by atoms with van der Waals surface area (Å²) in [6.07, 6.45) is -3.54. The number of aryl methyl sites for hydroxylation is 1. The van der Waals surface area contributed by atoms with Crippen molar-refractivity contribution in [3.8, 4) is 22.4 Å². The van der Waals surface area contributed by atoms with Crippen LogP contribution < -0.4 is 0 Å². The average molecular weight is 743 g/mol. The van der Waals surface area contributed by atoms with Crippen LogP contribution in [-0.2, 0) is 38.9 Å². The molecule has 0 N–H and O–H groups in total. The minimum atomic E-state index is -5.18. The molecule has 1 unspecified atom stereocenters. The minimum Gasteiger partial charge on any atom is -0.668 e. The van der Waals surface area contributed by atoms with Crippen molar-refractivity contribution in [2.75, 3.05) is 6.54 Å². The fourth-order valence-corrected chi connectivity index (χ4v) is 4.73. The van der Waals surface area contributed by atoms with E-state index in [0.29, 0.717) is 6.07 Å². The van der Waals surface area contributed by atoms with E-state index in [9.17, 15) is 26.3 Å². The summed E-state index contributed by atoms with van der Waals surface area (Å²) in [4.78, 5) is 6.38.